The highest BCUT2D eigenvalue weighted by Crippen LogP contribution is 2.31. The van der Waals surface area contributed by atoms with Gasteiger partial charge in [0.15, 0.2) is 0 Å². The Balaban J connectivity index is 1.36. The van der Waals surface area contributed by atoms with Gasteiger partial charge in [0.05, 0.1) is 16.6 Å². The van der Waals surface area contributed by atoms with Crippen LogP contribution in [-0.2, 0) is 26.1 Å². The maximum Gasteiger partial charge on any atom is 0.275 e. The molecule has 40 heavy (non-hydrogen) atoms. The fourth-order valence-electron chi connectivity index (χ4n) is 4.92. The Bertz CT molecular complexity index is 1340. The number of nitrogens with one attached hydrogen (secondary N) is 1. The van der Waals surface area contributed by atoms with E-state index in [1.54, 1.807) is 43.0 Å². The van der Waals surface area contributed by atoms with Crippen molar-refractivity contribution in [3.8, 4) is 11.1 Å². The Morgan fingerprint density at radius 2 is 1.82 bits per heavy atom. The van der Waals surface area contributed by atoms with Crippen molar-refractivity contribution in [3.05, 3.63) is 64.6 Å². The van der Waals surface area contributed by atoms with Crippen LogP contribution in [0.1, 0.15) is 24.6 Å². The van der Waals surface area contributed by atoms with Gasteiger partial charge in [-0.1, -0.05) is 24.8 Å². The number of hydrogen-bond acceptors (Lipinski definition) is 9. The maximum atomic E-state index is 13.4. The van der Waals surface area contributed by atoms with E-state index in [4.69, 9.17) is 9.94 Å². The minimum absolute atomic E-state index is 0.189. The van der Waals surface area contributed by atoms with Gasteiger partial charge in [-0.2, -0.15) is 4.31 Å². The van der Waals surface area contributed by atoms with Crippen molar-refractivity contribution in [1.29, 1.82) is 0 Å². The second-order valence-corrected chi connectivity index (χ2v) is 12.7. The molecule has 0 atom stereocenters. The second kappa shape index (κ2) is 13.7. The van der Waals surface area contributed by atoms with Crippen LogP contribution >= 0.6 is 11.3 Å². The number of carbonyl (C=O) groups excluding carboxylic acids is 1. The fourth-order valence-corrected chi connectivity index (χ4v) is 7.28. The van der Waals surface area contributed by atoms with Gasteiger partial charge >= 0.3 is 0 Å². The van der Waals surface area contributed by atoms with Gasteiger partial charge in [0.1, 0.15) is 5.82 Å². The zero-order valence-electron chi connectivity index (χ0n) is 23.0. The number of ether oxygens (including phenoxy) is 1. The van der Waals surface area contributed by atoms with E-state index in [9.17, 15) is 13.2 Å². The largest absolute Gasteiger partial charge is 0.381 e. The number of benzene rings is 1. The summed E-state index contributed by atoms with van der Waals surface area (Å²) in [5.74, 6) is -0.250. The summed E-state index contributed by atoms with van der Waals surface area (Å²) in [5.41, 5.74) is 3.92. The number of thiophene rings is 1. The van der Waals surface area contributed by atoms with Gasteiger partial charge < -0.3 is 9.64 Å². The highest BCUT2D eigenvalue weighted by Gasteiger charge is 2.29. The molecule has 1 aromatic heterocycles. The minimum Gasteiger partial charge on any atom is -0.381 e. The summed E-state index contributed by atoms with van der Waals surface area (Å²) in [6.07, 6.45) is 5.27. The first kappa shape index (κ1) is 30.1. The van der Waals surface area contributed by atoms with Crippen LogP contribution in [0.5, 0.6) is 0 Å². The molecular formula is C28H37N5O5S2. The number of rotatable bonds is 10. The van der Waals surface area contributed by atoms with E-state index in [0.717, 1.165) is 43.6 Å². The molecule has 4 rings (SSSR count). The van der Waals surface area contributed by atoms with Crippen molar-refractivity contribution in [3.63, 3.8) is 0 Å². The van der Waals surface area contributed by atoms with Gasteiger partial charge in [-0.05, 0) is 54.5 Å². The normalized spacial score (nSPS) is 18.4. The van der Waals surface area contributed by atoms with E-state index in [-0.39, 0.29) is 10.5 Å². The van der Waals surface area contributed by atoms with Crippen LogP contribution in [-0.4, -0.2) is 92.3 Å². The third-order valence-corrected chi connectivity index (χ3v) is 10.2. The van der Waals surface area contributed by atoms with Crippen LogP contribution in [0.4, 0.5) is 0 Å². The standard InChI is InChI=1S/C28H37N5O5S2/c1-4-22(28(34)30-35)19-29-21(2)32-14-16-33(17-15-32)40(36,37)25-7-5-23(6-8-25)26-11-18-39-27(26)20-31-12-9-24(38-3)10-13-31/h4-8,11,18-19,24,35H,2,9-10,12-17,20H2,1,3H3,(H,30,34)/b22-4+,29-19-. The molecule has 12 heteroatoms. The predicted octanol–water partition coefficient (Wildman–Crippen LogP) is 3.33. The average Bonchev–Trinajstić information content (AvgIpc) is 3.45. The number of aliphatic imine (C=N–C) groups is 1. The minimum atomic E-state index is -3.65. The molecule has 216 valence electrons. The Morgan fingerprint density at radius 3 is 2.42 bits per heavy atom. The fraction of sp³-hybridized carbons (Fsp3) is 0.429. The molecule has 2 aliphatic rings. The molecule has 0 aliphatic carbocycles. The van der Waals surface area contributed by atoms with Crippen LogP contribution in [0.25, 0.3) is 11.1 Å². The van der Waals surface area contributed by atoms with Gasteiger partial charge in [-0.25, -0.2) is 18.9 Å². The van der Waals surface area contributed by atoms with E-state index < -0.39 is 15.9 Å². The molecule has 2 aromatic rings. The number of methoxy groups -OCH3 is 1. The molecule has 3 heterocycles. The monoisotopic (exact) mass is 587 g/mol. The Labute approximate surface area is 240 Å². The van der Waals surface area contributed by atoms with Crippen LogP contribution in [0.15, 0.2) is 69.6 Å². The number of sulfonamides is 1. The van der Waals surface area contributed by atoms with Crippen LogP contribution in [0.2, 0.25) is 0 Å². The molecular weight excluding hydrogens is 550 g/mol. The van der Waals surface area contributed by atoms with Crippen LogP contribution < -0.4 is 5.48 Å². The molecule has 0 saturated carbocycles. The number of piperidine rings is 1. The van der Waals surface area contributed by atoms with E-state index in [2.05, 4.69) is 27.9 Å². The Hall–Kier alpha value is -2.87. The summed E-state index contributed by atoms with van der Waals surface area (Å²) in [7, 11) is -1.87. The van der Waals surface area contributed by atoms with Gasteiger partial charge in [0.25, 0.3) is 5.91 Å². The van der Waals surface area contributed by atoms with Gasteiger partial charge in [-0.3, -0.25) is 14.9 Å². The summed E-state index contributed by atoms with van der Waals surface area (Å²) in [6, 6.07) is 9.27. The van der Waals surface area contributed by atoms with Crippen molar-refractivity contribution < 1.29 is 23.2 Å². The molecule has 0 bridgehead atoms. The molecule has 2 aliphatic heterocycles. The lowest BCUT2D eigenvalue weighted by Crippen LogP contribution is -2.47. The summed E-state index contributed by atoms with van der Waals surface area (Å²) in [6.45, 7) is 9.92. The highest BCUT2D eigenvalue weighted by molar-refractivity contribution is 7.89. The van der Waals surface area contributed by atoms with E-state index >= 15 is 0 Å². The summed E-state index contributed by atoms with van der Waals surface area (Å²) < 4.78 is 33.7. The van der Waals surface area contributed by atoms with Crippen molar-refractivity contribution >= 4 is 33.5 Å². The molecule has 1 amide bonds. The third-order valence-electron chi connectivity index (χ3n) is 7.41. The highest BCUT2D eigenvalue weighted by atomic mass is 32.2. The molecule has 0 unspecified atom stereocenters. The van der Waals surface area contributed by atoms with Gasteiger partial charge in [0.2, 0.25) is 10.0 Å². The zero-order valence-corrected chi connectivity index (χ0v) is 24.6. The maximum absolute atomic E-state index is 13.4. The van der Waals surface area contributed by atoms with Gasteiger partial charge in [0, 0.05) is 64.0 Å². The first-order valence-electron chi connectivity index (χ1n) is 13.3. The van der Waals surface area contributed by atoms with E-state index in [0.29, 0.717) is 38.1 Å². The number of carbonyl (C=O) groups is 1. The van der Waals surface area contributed by atoms with Crippen LogP contribution in [0, 0.1) is 0 Å². The smallest absolute Gasteiger partial charge is 0.275 e. The topological polar surface area (TPSA) is 115 Å². The number of allylic oxidation sites excluding steroid dienone is 1. The molecule has 2 saturated heterocycles. The zero-order chi connectivity index (χ0) is 28.7. The first-order chi connectivity index (χ1) is 19.3. The van der Waals surface area contributed by atoms with E-state index in [1.165, 1.54) is 21.5 Å². The first-order valence-corrected chi connectivity index (χ1v) is 15.6. The molecule has 2 N–H and O–H groups in total. The molecule has 10 nitrogen and oxygen atoms in total. The number of hydroxylamine groups is 1. The summed E-state index contributed by atoms with van der Waals surface area (Å²) >= 11 is 1.73. The van der Waals surface area contributed by atoms with Crippen molar-refractivity contribution in [2.24, 2.45) is 4.99 Å². The van der Waals surface area contributed by atoms with Crippen molar-refractivity contribution in [2.45, 2.75) is 37.3 Å². The predicted molar refractivity (Wildman–Crippen MR) is 157 cm³/mol. The molecule has 0 radical (unpaired) electrons. The SMILES string of the molecule is C=C(/N=C\C(=C/C)C(=O)NO)N1CCN(S(=O)(=O)c2ccc(-c3ccsc3CN3CCC(OC)CC3)cc2)CC1. The number of nitrogens with zero attached hydrogens (tertiary/aromatic N) is 4. The lowest BCUT2D eigenvalue weighted by atomic mass is 10.0. The second-order valence-electron chi connectivity index (χ2n) is 9.74. The Kier molecular flexibility index (Phi) is 10.3. The molecule has 2 fully saturated rings. The summed E-state index contributed by atoms with van der Waals surface area (Å²) in [4.78, 5) is 21.7. The van der Waals surface area contributed by atoms with Crippen LogP contribution in [0.3, 0.4) is 0 Å². The number of likely N-dealkylation sites (tertiary alicyclic amines) is 1. The number of hydrogen-bond donors (Lipinski definition) is 2. The van der Waals surface area contributed by atoms with Gasteiger partial charge in [-0.15, -0.1) is 11.3 Å². The molecule has 0 spiro atoms. The quantitative estimate of drug-likeness (QED) is 0.190. The number of amides is 1. The molecule has 1 aromatic carbocycles. The summed E-state index contributed by atoms with van der Waals surface area (Å²) in [5, 5.41) is 10.9. The Morgan fingerprint density at radius 1 is 1.15 bits per heavy atom. The van der Waals surface area contributed by atoms with Crippen molar-refractivity contribution in [2.75, 3.05) is 46.4 Å². The lowest BCUT2D eigenvalue weighted by molar-refractivity contribution is -0.124. The van der Waals surface area contributed by atoms with Crippen molar-refractivity contribution in [1.82, 2.24) is 19.6 Å². The lowest BCUT2D eigenvalue weighted by Gasteiger charge is -2.35. The average molecular weight is 588 g/mol. The number of piperazine rings is 1. The van der Waals surface area contributed by atoms with E-state index in [1.807, 2.05) is 17.0 Å². The third kappa shape index (κ3) is 7.06.